The molecule has 0 radical (unpaired) electrons. The molecule has 0 fully saturated rings. The van der Waals surface area contributed by atoms with E-state index in [1.165, 1.54) is 12.3 Å². The highest BCUT2D eigenvalue weighted by molar-refractivity contribution is 6.32. The molecule has 10 heteroatoms. The predicted octanol–water partition coefficient (Wildman–Crippen LogP) is 2.16. The van der Waals surface area contributed by atoms with Crippen molar-refractivity contribution in [2.75, 3.05) is 42.8 Å². The normalized spacial score (nSPS) is 10.2. The Kier molecular flexibility index (Phi) is 8.38. The second kappa shape index (κ2) is 11.0. The lowest BCUT2D eigenvalue weighted by Gasteiger charge is -2.21. The minimum absolute atomic E-state index is 0.0924. The monoisotopic (exact) mass is 417 g/mol. The molecular weight excluding hydrogens is 394 g/mol. The van der Waals surface area contributed by atoms with Gasteiger partial charge >= 0.3 is 0 Å². The summed E-state index contributed by atoms with van der Waals surface area (Å²) >= 11 is 5.95. The topological polar surface area (TPSA) is 125 Å². The number of nitrogens with two attached hydrogens (primary N) is 1. The number of halogens is 1. The minimum atomic E-state index is -0.313. The van der Waals surface area contributed by atoms with Crippen molar-refractivity contribution < 1.29 is 9.59 Å². The number of nitrogens with zero attached hydrogens (tertiary/aromatic N) is 3. The maximum absolute atomic E-state index is 12.6. The highest BCUT2D eigenvalue weighted by Crippen LogP contribution is 2.18. The smallest absolute Gasteiger partial charge is 0.254 e. The number of nitrogens with one attached hydrogen (secondary N) is 3. The fourth-order valence-corrected chi connectivity index (χ4v) is 2.63. The lowest BCUT2D eigenvalue weighted by atomic mass is 10.1. The van der Waals surface area contributed by atoms with Gasteiger partial charge < -0.3 is 26.6 Å². The largest absolute Gasteiger partial charge is 0.372 e. The molecule has 0 aliphatic carbocycles. The summed E-state index contributed by atoms with van der Waals surface area (Å²) in [5.74, 6) is 0.484. The Hall–Kier alpha value is -3.17. The molecule has 5 N–H and O–H groups in total. The van der Waals surface area contributed by atoms with Crippen LogP contribution in [0, 0.1) is 0 Å². The number of carbonyl (C=O) groups is 2. The van der Waals surface area contributed by atoms with Crippen molar-refractivity contribution in [1.29, 1.82) is 0 Å². The molecule has 0 saturated carbocycles. The van der Waals surface area contributed by atoms with Crippen LogP contribution >= 0.6 is 11.6 Å². The van der Waals surface area contributed by atoms with Gasteiger partial charge in [-0.2, -0.15) is 4.98 Å². The zero-order valence-electron chi connectivity index (χ0n) is 16.1. The van der Waals surface area contributed by atoms with Gasteiger partial charge in [0.2, 0.25) is 11.9 Å². The molecule has 1 aromatic carbocycles. The van der Waals surface area contributed by atoms with Gasteiger partial charge in [-0.05, 0) is 36.8 Å². The molecule has 1 heterocycles. The first-order valence-corrected chi connectivity index (χ1v) is 9.33. The SMILES string of the molecule is C=CC(=O)Nc1ccc(C(=O)N(CN)CCCNc2ncc(Cl)c(NC)n2)cc1. The van der Waals surface area contributed by atoms with Gasteiger partial charge in [0.05, 0.1) is 12.9 Å². The highest BCUT2D eigenvalue weighted by atomic mass is 35.5. The van der Waals surface area contributed by atoms with Crippen LogP contribution in [0.5, 0.6) is 0 Å². The molecule has 29 heavy (non-hydrogen) atoms. The molecule has 0 bridgehead atoms. The molecule has 1 aromatic heterocycles. The van der Waals surface area contributed by atoms with E-state index in [9.17, 15) is 9.59 Å². The van der Waals surface area contributed by atoms with Gasteiger partial charge in [-0.15, -0.1) is 0 Å². The summed E-state index contributed by atoms with van der Waals surface area (Å²) in [6.45, 7) is 4.51. The standard InChI is InChI=1S/C19H24ClN7O2/c1-3-16(28)25-14-7-5-13(6-8-14)18(29)27(12-21)10-4-9-23-19-24-11-15(20)17(22-2)26-19/h3,5-8,11H,1,4,9-10,12,21H2,2H3,(H,25,28)(H2,22,23,24,26). The summed E-state index contributed by atoms with van der Waals surface area (Å²) in [4.78, 5) is 33.8. The summed E-state index contributed by atoms with van der Waals surface area (Å²) in [6.07, 6.45) is 3.34. The number of hydrogen-bond donors (Lipinski definition) is 4. The Labute approximate surface area is 174 Å². The van der Waals surface area contributed by atoms with E-state index in [0.717, 1.165) is 0 Å². The van der Waals surface area contributed by atoms with Crippen molar-refractivity contribution in [1.82, 2.24) is 14.9 Å². The zero-order chi connectivity index (χ0) is 21.2. The van der Waals surface area contributed by atoms with Gasteiger partial charge in [-0.3, -0.25) is 9.59 Å². The lowest BCUT2D eigenvalue weighted by molar-refractivity contribution is -0.111. The van der Waals surface area contributed by atoms with Crippen LogP contribution < -0.4 is 21.7 Å². The van der Waals surface area contributed by atoms with Gasteiger partial charge in [-0.1, -0.05) is 18.2 Å². The maximum Gasteiger partial charge on any atom is 0.254 e. The third kappa shape index (κ3) is 6.44. The van der Waals surface area contributed by atoms with Gasteiger partial charge in [0, 0.05) is 31.4 Å². The Bertz CT molecular complexity index is 858. The highest BCUT2D eigenvalue weighted by Gasteiger charge is 2.14. The third-order valence-corrected chi connectivity index (χ3v) is 4.24. The fraction of sp³-hybridized carbons (Fsp3) is 0.263. The predicted molar refractivity (Wildman–Crippen MR) is 115 cm³/mol. The first kappa shape index (κ1) is 22.1. The van der Waals surface area contributed by atoms with E-state index in [0.29, 0.717) is 47.6 Å². The van der Waals surface area contributed by atoms with Crippen LogP contribution in [0.25, 0.3) is 0 Å². The maximum atomic E-state index is 12.6. The average molecular weight is 418 g/mol. The second-order valence-corrected chi connectivity index (χ2v) is 6.35. The summed E-state index contributed by atoms with van der Waals surface area (Å²) in [6, 6.07) is 6.59. The van der Waals surface area contributed by atoms with Gasteiger partial charge in [0.1, 0.15) is 10.8 Å². The molecule has 0 aliphatic rings. The molecule has 2 rings (SSSR count). The van der Waals surface area contributed by atoms with Crippen molar-refractivity contribution in [3.63, 3.8) is 0 Å². The molecule has 0 saturated heterocycles. The molecule has 0 atom stereocenters. The van der Waals surface area contributed by atoms with Gasteiger partial charge in [0.25, 0.3) is 5.91 Å². The van der Waals surface area contributed by atoms with E-state index in [2.05, 4.69) is 32.5 Å². The first-order valence-electron chi connectivity index (χ1n) is 8.95. The summed E-state index contributed by atoms with van der Waals surface area (Å²) < 4.78 is 0. The van der Waals surface area contributed by atoms with E-state index < -0.39 is 0 Å². The molecule has 9 nitrogen and oxygen atoms in total. The molecule has 0 unspecified atom stereocenters. The molecule has 0 spiro atoms. The molecule has 154 valence electrons. The number of carbonyl (C=O) groups excluding carboxylic acids is 2. The van der Waals surface area contributed by atoms with Crippen LogP contribution in [0.3, 0.4) is 0 Å². The number of benzene rings is 1. The first-order chi connectivity index (χ1) is 14.0. The number of hydrogen-bond acceptors (Lipinski definition) is 7. The summed E-state index contributed by atoms with van der Waals surface area (Å²) in [5.41, 5.74) is 6.81. The fourth-order valence-electron chi connectivity index (χ4n) is 2.45. The Morgan fingerprint density at radius 2 is 2.03 bits per heavy atom. The average Bonchev–Trinajstić information content (AvgIpc) is 2.74. The number of aromatic nitrogens is 2. The Balaban J connectivity index is 1.86. The second-order valence-electron chi connectivity index (χ2n) is 5.94. The van der Waals surface area contributed by atoms with E-state index in [4.69, 9.17) is 17.3 Å². The quantitative estimate of drug-likeness (QED) is 0.265. The van der Waals surface area contributed by atoms with Crippen LogP contribution in [-0.2, 0) is 4.79 Å². The van der Waals surface area contributed by atoms with Crippen molar-refractivity contribution in [3.05, 3.63) is 53.7 Å². The van der Waals surface area contributed by atoms with Crippen molar-refractivity contribution in [3.8, 4) is 0 Å². The third-order valence-electron chi connectivity index (χ3n) is 3.96. The number of amides is 2. The van der Waals surface area contributed by atoms with Crippen molar-refractivity contribution in [2.45, 2.75) is 6.42 Å². The van der Waals surface area contributed by atoms with E-state index >= 15 is 0 Å². The van der Waals surface area contributed by atoms with Gasteiger partial charge in [-0.25, -0.2) is 4.98 Å². The lowest BCUT2D eigenvalue weighted by Crippen LogP contribution is -2.37. The number of rotatable bonds is 10. The van der Waals surface area contributed by atoms with Crippen molar-refractivity contribution in [2.24, 2.45) is 5.73 Å². The molecule has 2 aromatic rings. The molecule has 2 amide bonds. The molecule has 0 aliphatic heterocycles. The van der Waals surface area contributed by atoms with E-state index in [1.54, 1.807) is 36.2 Å². The Morgan fingerprint density at radius 1 is 1.31 bits per heavy atom. The minimum Gasteiger partial charge on any atom is -0.372 e. The van der Waals surface area contributed by atoms with Gasteiger partial charge in [0.15, 0.2) is 0 Å². The van der Waals surface area contributed by atoms with Crippen molar-refractivity contribution >= 4 is 40.9 Å². The van der Waals surface area contributed by atoms with Crippen LogP contribution in [-0.4, -0.2) is 53.5 Å². The van der Waals surface area contributed by atoms with Crippen LogP contribution in [0.1, 0.15) is 16.8 Å². The van der Waals surface area contributed by atoms with E-state index in [1.807, 2.05) is 0 Å². The van der Waals surface area contributed by atoms with E-state index in [-0.39, 0.29) is 18.5 Å². The summed E-state index contributed by atoms with van der Waals surface area (Å²) in [5, 5.41) is 9.04. The Morgan fingerprint density at radius 3 is 2.66 bits per heavy atom. The number of anilines is 3. The van der Waals surface area contributed by atoms with Crippen LogP contribution in [0.2, 0.25) is 5.02 Å². The van der Waals surface area contributed by atoms with Crippen LogP contribution in [0.4, 0.5) is 17.5 Å². The summed E-state index contributed by atoms with van der Waals surface area (Å²) in [7, 11) is 1.72. The zero-order valence-corrected chi connectivity index (χ0v) is 16.9. The van der Waals surface area contributed by atoms with Crippen LogP contribution in [0.15, 0.2) is 43.1 Å². The molecular formula is C19H24ClN7O2.